The Labute approximate surface area is 102 Å². The van der Waals surface area contributed by atoms with Crippen LogP contribution >= 0.6 is 11.6 Å². The van der Waals surface area contributed by atoms with Crippen molar-refractivity contribution in [2.45, 2.75) is 31.2 Å². The molecule has 1 heterocycles. The minimum atomic E-state index is 0.405. The second-order valence-electron chi connectivity index (χ2n) is 4.05. The van der Waals surface area contributed by atoms with Crippen molar-refractivity contribution in [3.63, 3.8) is 0 Å². The lowest BCUT2D eigenvalue weighted by molar-refractivity contribution is 0.0903. The quantitative estimate of drug-likeness (QED) is 0.735. The van der Waals surface area contributed by atoms with Crippen LogP contribution in [-0.4, -0.2) is 19.3 Å². The van der Waals surface area contributed by atoms with E-state index in [9.17, 15) is 0 Å². The summed E-state index contributed by atoms with van der Waals surface area (Å²) >= 11 is 5.71. The molecule has 0 aromatic heterocycles. The number of hydrogen-bond donors (Lipinski definition) is 0. The van der Waals surface area contributed by atoms with E-state index in [-0.39, 0.29) is 0 Å². The van der Waals surface area contributed by atoms with Gasteiger partial charge in [0.25, 0.3) is 0 Å². The number of hydrogen-bond acceptors (Lipinski definition) is 2. The van der Waals surface area contributed by atoms with Crippen molar-refractivity contribution in [1.82, 2.24) is 0 Å². The van der Waals surface area contributed by atoms with Gasteiger partial charge in [-0.2, -0.15) is 0 Å². The molecule has 0 saturated carbocycles. The number of benzene rings is 1. The Morgan fingerprint density at radius 3 is 2.75 bits per heavy atom. The summed E-state index contributed by atoms with van der Waals surface area (Å²) in [5, 5.41) is 0. The van der Waals surface area contributed by atoms with E-state index in [4.69, 9.17) is 21.1 Å². The Morgan fingerprint density at radius 2 is 2.12 bits per heavy atom. The van der Waals surface area contributed by atoms with Gasteiger partial charge in [0.2, 0.25) is 0 Å². The summed E-state index contributed by atoms with van der Waals surface area (Å²) < 4.78 is 11.2. The van der Waals surface area contributed by atoms with Gasteiger partial charge in [0, 0.05) is 18.9 Å². The van der Waals surface area contributed by atoms with Crippen LogP contribution in [-0.2, 0) is 10.6 Å². The summed E-state index contributed by atoms with van der Waals surface area (Å²) in [5.41, 5.74) is 1.12. The summed E-state index contributed by atoms with van der Waals surface area (Å²) in [6.07, 6.45) is 3.75. The van der Waals surface area contributed by atoms with E-state index >= 15 is 0 Å². The molecule has 0 bridgehead atoms. The first-order chi connectivity index (χ1) is 7.88. The Bertz CT molecular complexity index is 304. The third kappa shape index (κ3) is 3.39. The minimum Gasteiger partial charge on any atom is -0.493 e. The summed E-state index contributed by atoms with van der Waals surface area (Å²) in [6.45, 7) is 1.64. The first kappa shape index (κ1) is 11.7. The molecule has 3 heteroatoms. The Kier molecular flexibility index (Phi) is 4.49. The van der Waals surface area contributed by atoms with E-state index in [1.54, 1.807) is 0 Å². The average molecular weight is 241 g/mol. The molecule has 1 aliphatic rings. The van der Waals surface area contributed by atoms with Gasteiger partial charge in [0.15, 0.2) is 0 Å². The minimum absolute atomic E-state index is 0.405. The molecule has 1 unspecified atom stereocenters. The van der Waals surface area contributed by atoms with Gasteiger partial charge in [-0.3, -0.25) is 0 Å². The molecule has 16 heavy (non-hydrogen) atoms. The smallest absolute Gasteiger partial charge is 0.119 e. The standard InChI is InChI=1S/C13H17ClO2/c14-10-11-3-5-13(6-4-11)16-9-7-12-2-1-8-15-12/h3-6,12H,1-2,7-10H2. The molecule has 0 N–H and O–H groups in total. The van der Waals surface area contributed by atoms with Crippen LogP contribution in [0.2, 0.25) is 0 Å². The van der Waals surface area contributed by atoms with Crippen LogP contribution in [0, 0.1) is 0 Å². The molecule has 0 radical (unpaired) electrons. The Balaban J connectivity index is 1.71. The van der Waals surface area contributed by atoms with Crippen molar-refractivity contribution >= 4 is 11.6 Å². The molecule has 0 spiro atoms. The molecule has 2 rings (SSSR count). The zero-order chi connectivity index (χ0) is 11.2. The van der Waals surface area contributed by atoms with Crippen molar-refractivity contribution in [1.29, 1.82) is 0 Å². The largest absolute Gasteiger partial charge is 0.493 e. The van der Waals surface area contributed by atoms with E-state index in [0.717, 1.165) is 30.9 Å². The second kappa shape index (κ2) is 6.12. The summed E-state index contributed by atoms with van der Waals surface area (Å²) in [4.78, 5) is 0. The molecular weight excluding hydrogens is 224 g/mol. The molecule has 0 amide bonds. The van der Waals surface area contributed by atoms with Crippen molar-refractivity contribution < 1.29 is 9.47 Å². The van der Waals surface area contributed by atoms with Crippen molar-refractivity contribution in [2.75, 3.05) is 13.2 Å². The number of rotatable bonds is 5. The van der Waals surface area contributed by atoms with E-state index in [2.05, 4.69) is 0 Å². The van der Waals surface area contributed by atoms with Crippen molar-refractivity contribution in [2.24, 2.45) is 0 Å². The fraction of sp³-hybridized carbons (Fsp3) is 0.538. The predicted octanol–water partition coefficient (Wildman–Crippen LogP) is 3.37. The third-order valence-electron chi connectivity index (χ3n) is 2.81. The van der Waals surface area contributed by atoms with E-state index in [1.807, 2.05) is 24.3 Å². The van der Waals surface area contributed by atoms with Gasteiger partial charge in [0.1, 0.15) is 5.75 Å². The van der Waals surface area contributed by atoms with Gasteiger partial charge in [-0.05, 0) is 30.5 Å². The maximum atomic E-state index is 5.71. The summed E-state index contributed by atoms with van der Waals surface area (Å²) in [6, 6.07) is 7.92. The lowest BCUT2D eigenvalue weighted by Gasteiger charge is -2.10. The highest BCUT2D eigenvalue weighted by Crippen LogP contribution is 2.17. The Morgan fingerprint density at radius 1 is 1.31 bits per heavy atom. The lowest BCUT2D eigenvalue weighted by atomic mass is 10.2. The van der Waals surface area contributed by atoms with Crippen LogP contribution in [0.4, 0.5) is 0 Å². The van der Waals surface area contributed by atoms with E-state index in [0.29, 0.717) is 12.0 Å². The van der Waals surface area contributed by atoms with Crippen LogP contribution in [0.5, 0.6) is 5.75 Å². The molecule has 1 atom stereocenters. The molecule has 88 valence electrons. The first-order valence-corrected chi connectivity index (χ1v) is 6.31. The number of alkyl halides is 1. The first-order valence-electron chi connectivity index (χ1n) is 5.78. The van der Waals surface area contributed by atoms with Crippen LogP contribution in [0.3, 0.4) is 0 Å². The van der Waals surface area contributed by atoms with Crippen LogP contribution in [0.15, 0.2) is 24.3 Å². The molecule has 1 aliphatic heterocycles. The highest BCUT2D eigenvalue weighted by Gasteiger charge is 2.14. The van der Waals surface area contributed by atoms with Crippen molar-refractivity contribution in [3.05, 3.63) is 29.8 Å². The zero-order valence-electron chi connectivity index (χ0n) is 9.32. The van der Waals surface area contributed by atoms with Crippen molar-refractivity contribution in [3.8, 4) is 5.75 Å². The molecule has 2 nitrogen and oxygen atoms in total. The zero-order valence-corrected chi connectivity index (χ0v) is 10.1. The van der Waals surface area contributed by atoms with Gasteiger partial charge in [-0.25, -0.2) is 0 Å². The average Bonchev–Trinajstić information content (AvgIpc) is 2.83. The summed E-state index contributed by atoms with van der Waals surface area (Å²) in [7, 11) is 0. The fourth-order valence-corrected chi connectivity index (χ4v) is 2.03. The maximum absolute atomic E-state index is 5.71. The van der Waals surface area contributed by atoms with E-state index < -0.39 is 0 Å². The van der Waals surface area contributed by atoms with E-state index in [1.165, 1.54) is 12.8 Å². The number of ether oxygens (including phenoxy) is 2. The molecule has 0 aliphatic carbocycles. The SMILES string of the molecule is ClCc1ccc(OCCC2CCCO2)cc1. The van der Waals surface area contributed by atoms with Gasteiger partial charge in [-0.1, -0.05) is 12.1 Å². The topological polar surface area (TPSA) is 18.5 Å². The van der Waals surface area contributed by atoms with Crippen LogP contribution in [0.25, 0.3) is 0 Å². The monoisotopic (exact) mass is 240 g/mol. The van der Waals surface area contributed by atoms with Gasteiger partial charge < -0.3 is 9.47 Å². The predicted molar refractivity (Wildman–Crippen MR) is 65.1 cm³/mol. The molecule has 1 saturated heterocycles. The summed E-state index contributed by atoms with van der Waals surface area (Å²) in [5.74, 6) is 1.46. The maximum Gasteiger partial charge on any atom is 0.119 e. The van der Waals surface area contributed by atoms with Crippen LogP contribution in [0.1, 0.15) is 24.8 Å². The third-order valence-corrected chi connectivity index (χ3v) is 3.12. The fourth-order valence-electron chi connectivity index (χ4n) is 1.85. The Hall–Kier alpha value is -0.730. The molecular formula is C13H17ClO2. The van der Waals surface area contributed by atoms with Crippen LogP contribution < -0.4 is 4.74 Å². The van der Waals surface area contributed by atoms with Gasteiger partial charge in [-0.15, -0.1) is 11.6 Å². The lowest BCUT2D eigenvalue weighted by Crippen LogP contribution is -2.10. The highest BCUT2D eigenvalue weighted by atomic mass is 35.5. The molecule has 1 aromatic rings. The highest BCUT2D eigenvalue weighted by molar-refractivity contribution is 6.17. The van der Waals surface area contributed by atoms with Gasteiger partial charge >= 0.3 is 0 Å². The molecule has 1 aromatic carbocycles. The normalized spacial score (nSPS) is 19.9. The number of halogens is 1. The van der Waals surface area contributed by atoms with Gasteiger partial charge in [0.05, 0.1) is 12.7 Å². The second-order valence-corrected chi connectivity index (χ2v) is 4.32. The molecule has 1 fully saturated rings.